The number of hydrogen-bond donors (Lipinski definition) is 1. The van der Waals surface area contributed by atoms with Crippen molar-refractivity contribution in [1.29, 1.82) is 0 Å². The van der Waals surface area contributed by atoms with E-state index in [4.69, 9.17) is 9.94 Å². The molecule has 0 bridgehead atoms. The maximum Gasteiger partial charge on any atom is 0.410 e. The van der Waals surface area contributed by atoms with Crippen LogP contribution >= 0.6 is 0 Å². The summed E-state index contributed by atoms with van der Waals surface area (Å²) in [6.07, 6.45) is -0.379. The molecule has 1 aromatic carbocycles. The van der Waals surface area contributed by atoms with Gasteiger partial charge in [0.25, 0.3) is 0 Å². The molecule has 0 atom stereocenters. The molecule has 1 amide bonds. The summed E-state index contributed by atoms with van der Waals surface area (Å²) in [7, 11) is 0. The summed E-state index contributed by atoms with van der Waals surface area (Å²) in [6, 6.07) is 5.73. The maximum absolute atomic E-state index is 12.9. The number of nitrogens with zero attached hydrogens (tertiary/aromatic N) is 2. The summed E-state index contributed by atoms with van der Waals surface area (Å²) in [5.74, 6) is -0.423. The van der Waals surface area contributed by atoms with Crippen LogP contribution in [0, 0.1) is 11.7 Å². The standard InChI is InChI=1S/C15H19FN2O3/c1-15(2,3)21-14(19)18-8-11(9-18)13(17-20)10-4-6-12(16)7-5-10/h4-7,11,20H,8-9H2,1-3H3/b17-13-. The highest BCUT2D eigenvalue weighted by atomic mass is 19.1. The van der Waals surface area contributed by atoms with Gasteiger partial charge in [-0.05, 0) is 38.5 Å². The Kier molecular flexibility index (Phi) is 4.16. The van der Waals surface area contributed by atoms with Gasteiger partial charge in [-0.25, -0.2) is 9.18 Å². The predicted octanol–water partition coefficient (Wildman–Crippen LogP) is 2.87. The summed E-state index contributed by atoms with van der Waals surface area (Å²) in [4.78, 5) is 13.4. The lowest BCUT2D eigenvalue weighted by Crippen LogP contribution is -2.54. The molecule has 6 heteroatoms. The third kappa shape index (κ3) is 3.71. The molecule has 0 aliphatic carbocycles. The third-order valence-corrected chi connectivity index (χ3v) is 3.17. The zero-order valence-electron chi connectivity index (χ0n) is 12.3. The molecule has 0 saturated carbocycles. The summed E-state index contributed by atoms with van der Waals surface area (Å²) >= 11 is 0. The summed E-state index contributed by atoms with van der Waals surface area (Å²) < 4.78 is 18.2. The molecule has 1 fully saturated rings. The van der Waals surface area contributed by atoms with Crippen LogP contribution in [0.5, 0.6) is 0 Å². The van der Waals surface area contributed by atoms with Crippen molar-refractivity contribution in [1.82, 2.24) is 4.90 Å². The van der Waals surface area contributed by atoms with Gasteiger partial charge in [-0.2, -0.15) is 0 Å². The van der Waals surface area contributed by atoms with Crippen molar-refractivity contribution in [3.05, 3.63) is 35.6 Å². The third-order valence-electron chi connectivity index (χ3n) is 3.17. The molecule has 1 aliphatic rings. The first-order chi connectivity index (χ1) is 9.80. The van der Waals surface area contributed by atoms with Crippen LogP contribution in [0.3, 0.4) is 0 Å². The molecule has 21 heavy (non-hydrogen) atoms. The SMILES string of the molecule is CC(C)(C)OC(=O)N1CC(/C(=N\O)c2ccc(F)cc2)C1. The quantitative estimate of drug-likeness (QED) is 0.518. The molecule has 1 aliphatic heterocycles. The van der Waals surface area contributed by atoms with Gasteiger partial charge in [0.05, 0.1) is 5.71 Å². The largest absolute Gasteiger partial charge is 0.444 e. The zero-order chi connectivity index (χ0) is 15.6. The topological polar surface area (TPSA) is 62.1 Å². The minimum absolute atomic E-state index is 0.0759. The molecular weight excluding hydrogens is 275 g/mol. The van der Waals surface area contributed by atoms with Crippen molar-refractivity contribution in [2.75, 3.05) is 13.1 Å². The van der Waals surface area contributed by atoms with Gasteiger partial charge in [-0.1, -0.05) is 17.3 Å². The van der Waals surface area contributed by atoms with E-state index >= 15 is 0 Å². The summed E-state index contributed by atoms with van der Waals surface area (Å²) in [5.41, 5.74) is 0.565. The second-order valence-corrected chi connectivity index (χ2v) is 6.07. The van der Waals surface area contributed by atoms with Crippen molar-refractivity contribution < 1.29 is 19.1 Å². The first-order valence-electron chi connectivity index (χ1n) is 6.76. The Hall–Kier alpha value is -2.11. The van der Waals surface area contributed by atoms with Crippen LogP contribution < -0.4 is 0 Å². The van der Waals surface area contributed by atoms with Crippen LogP contribution in [0.4, 0.5) is 9.18 Å². The number of likely N-dealkylation sites (tertiary alicyclic amines) is 1. The molecule has 0 unspecified atom stereocenters. The van der Waals surface area contributed by atoms with E-state index in [2.05, 4.69) is 5.16 Å². The zero-order valence-corrected chi connectivity index (χ0v) is 12.3. The molecule has 1 aromatic rings. The van der Waals surface area contributed by atoms with E-state index in [0.717, 1.165) is 0 Å². The van der Waals surface area contributed by atoms with Gasteiger partial charge < -0.3 is 14.8 Å². The van der Waals surface area contributed by atoms with E-state index in [1.54, 1.807) is 37.8 Å². The van der Waals surface area contributed by atoms with Gasteiger partial charge in [0.15, 0.2) is 0 Å². The highest BCUT2D eigenvalue weighted by Gasteiger charge is 2.37. The lowest BCUT2D eigenvalue weighted by Gasteiger charge is -2.39. The van der Waals surface area contributed by atoms with Crippen molar-refractivity contribution in [3.8, 4) is 0 Å². The van der Waals surface area contributed by atoms with Crippen LogP contribution in [-0.4, -0.2) is 40.6 Å². The number of rotatable bonds is 2. The molecular formula is C15H19FN2O3. The average Bonchev–Trinajstić information content (AvgIpc) is 2.32. The average molecular weight is 294 g/mol. The predicted molar refractivity (Wildman–Crippen MR) is 76.0 cm³/mol. The molecule has 2 rings (SSSR count). The fourth-order valence-electron chi connectivity index (χ4n) is 2.12. The monoisotopic (exact) mass is 294 g/mol. The lowest BCUT2D eigenvalue weighted by molar-refractivity contribution is 0.00671. The summed E-state index contributed by atoms with van der Waals surface area (Å²) in [5, 5.41) is 12.4. The van der Waals surface area contributed by atoms with Crippen LogP contribution in [0.1, 0.15) is 26.3 Å². The number of benzene rings is 1. The minimum atomic E-state index is -0.535. The number of ether oxygens (including phenoxy) is 1. The Morgan fingerprint density at radius 1 is 1.33 bits per heavy atom. The molecule has 1 heterocycles. The Bertz CT molecular complexity index is 543. The highest BCUT2D eigenvalue weighted by Crippen LogP contribution is 2.23. The van der Waals surface area contributed by atoms with Crippen molar-refractivity contribution in [2.45, 2.75) is 26.4 Å². The maximum atomic E-state index is 12.9. The van der Waals surface area contributed by atoms with E-state index < -0.39 is 5.60 Å². The Balaban J connectivity index is 1.96. The Morgan fingerprint density at radius 2 is 1.90 bits per heavy atom. The van der Waals surface area contributed by atoms with Crippen molar-refractivity contribution >= 4 is 11.8 Å². The van der Waals surface area contributed by atoms with Crippen LogP contribution in [0.15, 0.2) is 29.4 Å². The molecule has 114 valence electrons. The second-order valence-electron chi connectivity index (χ2n) is 6.07. The molecule has 5 nitrogen and oxygen atoms in total. The van der Waals surface area contributed by atoms with E-state index in [9.17, 15) is 9.18 Å². The Morgan fingerprint density at radius 3 is 2.38 bits per heavy atom. The van der Waals surface area contributed by atoms with Crippen molar-refractivity contribution in [3.63, 3.8) is 0 Å². The fraction of sp³-hybridized carbons (Fsp3) is 0.467. The Labute approximate surface area is 123 Å². The van der Waals surface area contributed by atoms with Crippen LogP contribution in [-0.2, 0) is 4.74 Å². The van der Waals surface area contributed by atoms with Gasteiger partial charge in [-0.15, -0.1) is 0 Å². The van der Waals surface area contributed by atoms with E-state index in [0.29, 0.717) is 24.4 Å². The number of hydrogen-bond acceptors (Lipinski definition) is 4. The van der Waals surface area contributed by atoms with Crippen molar-refractivity contribution in [2.24, 2.45) is 11.1 Å². The van der Waals surface area contributed by atoms with E-state index in [1.165, 1.54) is 12.1 Å². The van der Waals surface area contributed by atoms with E-state index in [1.807, 2.05) is 0 Å². The molecule has 1 N–H and O–H groups in total. The van der Waals surface area contributed by atoms with E-state index in [-0.39, 0.29) is 17.8 Å². The number of halogens is 1. The number of carbonyl (C=O) groups is 1. The van der Waals surface area contributed by atoms with Gasteiger partial charge in [0, 0.05) is 19.0 Å². The molecule has 0 spiro atoms. The fourth-order valence-corrected chi connectivity index (χ4v) is 2.12. The normalized spacial score (nSPS) is 16.6. The first-order valence-corrected chi connectivity index (χ1v) is 6.76. The number of amides is 1. The van der Waals surface area contributed by atoms with Gasteiger partial charge >= 0.3 is 6.09 Å². The number of oxime groups is 1. The second kappa shape index (κ2) is 5.71. The lowest BCUT2D eigenvalue weighted by atomic mass is 9.90. The smallest absolute Gasteiger partial charge is 0.410 e. The van der Waals surface area contributed by atoms with Gasteiger partial charge in [0.2, 0.25) is 0 Å². The minimum Gasteiger partial charge on any atom is -0.444 e. The summed E-state index contributed by atoms with van der Waals surface area (Å²) in [6.45, 7) is 6.27. The first kappa shape index (κ1) is 15.3. The highest BCUT2D eigenvalue weighted by molar-refractivity contribution is 6.03. The van der Waals surface area contributed by atoms with Gasteiger partial charge in [-0.3, -0.25) is 0 Å². The van der Waals surface area contributed by atoms with Crippen LogP contribution in [0.2, 0.25) is 0 Å². The van der Waals surface area contributed by atoms with Crippen LogP contribution in [0.25, 0.3) is 0 Å². The van der Waals surface area contributed by atoms with Gasteiger partial charge in [0.1, 0.15) is 11.4 Å². The molecule has 1 saturated heterocycles. The molecule has 0 aromatic heterocycles. The number of carbonyl (C=O) groups excluding carboxylic acids is 1. The molecule has 0 radical (unpaired) electrons.